The minimum absolute atomic E-state index is 0.123. The first-order chi connectivity index (χ1) is 7.73. The SMILES string of the molecule is CC(C)NC(=O)CCNCC(C)(C)CN(C)C. The number of hydrogen-bond acceptors (Lipinski definition) is 3. The van der Waals surface area contributed by atoms with Gasteiger partial charge in [0.05, 0.1) is 0 Å². The van der Waals surface area contributed by atoms with Gasteiger partial charge in [0.15, 0.2) is 0 Å². The van der Waals surface area contributed by atoms with E-state index in [4.69, 9.17) is 0 Å². The van der Waals surface area contributed by atoms with Gasteiger partial charge in [-0.1, -0.05) is 13.8 Å². The highest BCUT2D eigenvalue weighted by atomic mass is 16.1. The molecule has 0 spiro atoms. The quantitative estimate of drug-likeness (QED) is 0.627. The van der Waals surface area contributed by atoms with Crippen LogP contribution in [0.1, 0.15) is 34.1 Å². The van der Waals surface area contributed by atoms with Gasteiger partial charge in [-0.15, -0.1) is 0 Å². The zero-order chi connectivity index (χ0) is 13.5. The van der Waals surface area contributed by atoms with E-state index in [2.05, 4.69) is 43.5 Å². The second-order valence-electron chi connectivity index (χ2n) is 6.05. The summed E-state index contributed by atoms with van der Waals surface area (Å²) in [4.78, 5) is 13.6. The summed E-state index contributed by atoms with van der Waals surface area (Å²) < 4.78 is 0. The molecule has 0 aromatic rings. The first kappa shape index (κ1) is 16.4. The van der Waals surface area contributed by atoms with Crippen molar-refractivity contribution in [3.05, 3.63) is 0 Å². The van der Waals surface area contributed by atoms with Crippen LogP contribution in [0.2, 0.25) is 0 Å². The Morgan fingerprint density at radius 3 is 2.35 bits per heavy atom. The molecule has 0 aliphatic rings. The molecule has 0 bridgehead atoms. The van der Waals surface area contributed by atoms with Gasteiger partial charge in [0.25, 0.3) is 0 Å². The van der Waals surface area contributed by atoms with Gasteiger partial charge in [0.2, 0.25) is 5.91 Å². The molecule has 4 heteroatoms. The van der Waals surface area contributed by atoms with Crippen molar-refractivity contribution in [1.29, 1.82) is 0 Å². The van der Waals surface area contributed by atoms with Gasteiger partial charge in [0, 0.05) is 32.1 Å². The van der Waals surface area contributed by atoms with Crippen molar-refractivity contribution in [2.24, 2.45) is 5.41 Å². The predicted molar refractivity (Wildman–Crippen MR) is 73.1 cm³/mol. The van der Waals surface area contributed by atoms with Crippen LogP contribution < -0.4 is 10.6 Å². The van der Waals surface area contributed by atoms with Gasteiger partial charge in [0.1, 0.15) is 0 Å². The molecule has 0 atom stereocenters. The molecular formula is C13H29N3O. The van der Waals surface area contributed by atoms with Crippen molar-refractivity contribution in [2.45, 2.75) is 40.2 Å². The lowest BCUT2D eigenvalue weighted by molar-refractivity contribution is -0.121. The Labute approximate surface area is 106 Å². The molecule has 0 aliphatic carbocycles. The van der Waals surface area contributed by atoms with Gasteiger partial charge in [-0.3, -0.25) is 4.79 Å². The van der Waals surface area contributed by atoms with Crippen LogP contribution in [-0.2, 0) is 4.79 Å². The number of carbonyl (C=O) groups excluding carboxylic acids is 1. The predicted octanol–water partition coefficient (Wildman–Crippen LogP) is 1.08. The maximum absolute atomic E-state index is 11.4. The summed E-state index contributed by atoms with van der Waals surface area (Å²) >= 11 is 0. The summed E-state index contributed by atoms with van der Waals surface area (Å²) in [6, 6.07) is 0.229. The van der Waals surface area contributed by atoms with E-state index in [1.807, 2.05) is 13.8 Å². The normalized spacial score (nSPS) is 12.2. The maximum atomic E-state index is 11.4. The van der Waals surface area contributed by atoms with Crippen LogP contribution >= 0.6 is 0 Å². The Morgan fingerprint density at radius 2 is 1.88 bits per heavy atom. The maximum Gasteiger partial charge on any atom is 0.221 e. The Morgan fingerprint density at radius 1 is 1.29 bits per heavy atom. The zero-order valence-electron chi connectivity index (χ0n) is 12.3. The lowest BCUT2D eigenvalue weighted by atomic mass is 9.93. The van der Waals surface area contributed by atoms with Crippen molar-refractivity contribution in [2.75, 3.05) is 33.7 Å². The van der Waals surface area contributed by atoms with Gasteiger partial charge < -0.3 is 15.5 Å². The third-order valence-corrected chi connectivity index (χ3v) is 2.33. The van der Waals surface area contributed by atoms with Crippen molar-refractivity contribution in [3.8, 4) is 0 Å². The Balaban J connectivity index is 3.66. The van der Waals surface area contributed by atoms with E-state index < -0.39 is 0 Å². The molecule has 102 valence electrons. The second-order valence-corrected chi connectivity index (χ2v) is 6.05. The van der Waals surface area contributed by atoms with Crippen molar-refractivity contribution < 1.29 is 4.79 Å². The molecule has 0 saturated carbocycles. The van der Waals surface area contributed by atoms with Crippen LogP contribution in [0, 0.1) is 5.41 Å². The molecule has 0 saturated heterocycles. The summed E-state index contributed by atoms with van der Waals surface area (Å²) in [5.74, 6) is 0.123. The highest BCUT2D eigenvalue weighted by Crippen LogP contribution is 2.13. The fraction of sp³-hybridized carbons (Fsp3) is 0.923. The monoisotopic (exact) mass is 243 g/mol. The summed E-state index contributed by atoms with van der Waals surface area (Å²) in [5, 5.41) is 6.23. The van der Waals surface area contributed by atoms with Crippen LogP contribution in [0.25, 0.3) is 0 Å². The van der Waals surface area contributed by atoms with Crippen LogP contribution in [0.5, 0.6) is 0 Å². The van der Waals surface area contributed by atoms with E-state index >= 15 is 0 Å². The van der Waals surface area contributed by atoms with E-state index in [1.54, 1.807) is 0 Å². The summed E-state index contributed by atoms with van der Waals surface area (Å²) in [6.45, 7) is 11.1. The third kappa shape index (κ3) is 10.3. The summed E-state index contributed by atoms with van der Waals surface area (Å²) in [5.41, 5.74) is 0.234. The molecule has 0 aliphatic heterocycles. The van der Waals surface area contributed by atoms with E-state index in [1.165, 1.54) is 0 Å². The second kappa shape index (κ2) is 7.67. The summed E-state index contributed by atoms with van der Waals surface area (Å²) in [6.07, 6.45) is 0.552. The van der Waals surface area contributed by atoms with Crippen molar-refractivity contribution >= 4 is 5.91 Å². The lowest BCUT2D eigenvalue weighted by Crippen LogP contribution is -2.39. The molecule has 2 N–H and O–H groups in total. The van der Waals surface area contributed by atoms with Crippen LogP contribution in [0.4, 0.5) is 0 Å². The number of hydrogen-bond donors (Lipinski definition) is 2. The first-order valence-electron chi connectivity index (χ1n) is 6.38. The number of nitrogens with zero attached hydrogens (tertiary/aromatic N) is 1. The van der Waals surface area contributed by atoms with Crippen LogP contribution in [-0.4, -0.2) is 50.6 Å². The minimum Gasteiger partial charge on any atom is -0.354 e. The average molecular weight is 243 g/mol. The largest absolute Gasteiger partial charge is 0.354 e. The topological polar surface area (TPSA) is 44.4 Å². The standard InChI is InChI=1S/C13H29N3O/c1-11(2)15-12(17)7-8-14-9-13(3,4)10-16(5)6/h11,14H,7-10H2,1-6H3,(H,15,17). The van der Waals surface area contributed by atoms with E-state index in [0.29, 0.717) is 6.42 Å². The molecular weight excluding hydrogens is 214 g/mol. The highest BCUT2D eigenvalue weighted by Gasteiger charge is 2.18. The van der Waals surface area contributed by atoms with E-state index in [0.717, 1.165) is 19.6 Å². The fourth-order valence-electron chi connectivity index (χ4n) is 1.93. The van der Waals surface area contributed by atoms with Crippen LogP contribution in [0.3, 0.4) is 0 Å². The minimum atomic E-state index is 0.123. The van der Waals surface area contributed by atoms with E-state index in [-0.39, 0.29) is 17.4 Å². The Bertz CT molecular complexity index is 225. The smallest absolute Gasteiger partial charge is 0.221 e. The first-order valence-corrected chi connectivity index (χ1v) is 6.38. The molecule has 4 nitrogen and oxygen atoms in total. The number of carbonyl (C=O) groups is 1. The third-order valence-electron chi connectivity index (χ3n) is 2.33. The van der Waals surface area contributed by atoms with Gasteiger partial charge in [-0.25, -0.2) is 0 Å². The summed E-state index contributed by atoms with van der Waals surface area (Å²) in [7, 11) is 4.16. The van der Waals surface area contributed by atoms with E-state index in [9.17, 15) is 4.79 Å². The molecule has 17 heavy (non-hydrogen) atoms. The molecule has 0 unspecified atom stereocenters. The molecule has 0 radical (unpaired) electrons. The lowest BCUT2D eigenvalue weighted by Gasteiger charge is -2.28. The Kier molecular flexibility index (Phi) is 7.39. The Hall–Kier alpha value is -0.610. The number of amides is 1. The number of nitrogens with one attached hydrogen (secondary N) is 2. The molecule has 0 aromatic carbocycles. The molecule has 0 rings (SSSR count). The van der Waals surface area contributed by atoms with Crippen LogP contribution in [0.15, 0.2) is 0 Å². The van der Waals surface area contributed by atoms with Crippen molar-refractivity contribution in [1.82, 2.24) is 15.5 Å². The molecule has 1 amide bonds. The molecule has 0 fully saturated rings. The van der Waals surface area contributed by atoms with Gasteiger partial charge in [-0.2, -0.15) is 0 Å². The fourth-order valence-corrected chi connectivity index (χ4v) is 1.93. The van der Waals surface area contributed by atoms with Gasteiger partial charge in [-0.05, 0) is 33.4 Å². The molecule has 0 heterocycles. The van der Waals surface area contributed by atoms with Crippen molar-refractivity contribution in [3.63, 3.8) is 0 Å². The molecule has 0 aromatic heterocycles. The zero-order valence-corrected chi connectivity index (χ0v) is 12.3. The highest BCUT2D eigenvalue weighted by molar-refractivity contribution is 5.76. The number of rotatable bonds is 8. The average Bonchev–Trinajstić information content (AvgIpc) is 2.09. The van der Waals surface area contributed by atoms with Gasteiger partial charge >= 0.3 is 0 Å².